The third kappa shape index (κ3) is 2.52. The summed E-state index contributed by atoms with van der Waals surface area (Å²) < 4.78 is 35.0. The zero-order valence-corrected chi connectivity index (χ0v) is 6.11. The Balaban J connectivity index is 2.29. The highest BCUT2D eigenvalue weighted by molar-refractivity contribution is 5.81. The first-order valence-corrected chi connectivity index (χ1v) is 3.47. The molecule has 2 atom stereocenters. The van der Waals surface area contributed by atoms with Gasteiger partial charge in [-0.15, -0.1) is 0 Å². The molecule has 0 heterocycles. The van der Waals surface area contributed by atoms with E-state index < -0.39 is 18.5 Å². The van der Waals surface area contributed by atoms with Crippen LogP contribution in [0.25, 0.3) is 0 Å². The summed E-state index contributed by atoms with van der Waals surface area (Å²) in [5, 5.41) is 0. The van der Waals surface area contributed by atoms with E-state index in [9.17, 15) is 18.0 Å². The predicted octanol–water partition coefficient (Wildman–Crippen LogP) is 2.16. The van der Waals surface area contributed by atoms with Gasteiger partial charge in [0.1, 0.15) is 5.78 Å². The van der Waals surface area contributed by atoms with Gasteiger partial charge in [0.05, 0.1) is 0 Å². The molecule has 0 N–H and O–H groups in total. The number of hydrogen-bond acceptors (Lipinski definition) is 1. The van der Waals surface area contributed by atoms with Crippen LogP contribution < -0.4 is 0 Å². The molecule has 0 amide bonds. The van der Waals surface area contributed by atoms with Crippen molar-refractivity contribution in [2.45, 2.75) is 25.9 Å². The van der Waals surface area contributed by atoms with Crippen molar-refractivity contribution in [3.8, 4) is 0 Å². The van der Waals surface area contributed by atoms with Crippen molar-refractivity contribution in [3.05, 3.63) is 0 Å². The minimum Gasteiger partial charge on any atom is -0.300 e. The van der Waals surface area contributed by atoms with Crippen LogP contribution in [0.15, 0.2) is 0 Å². The van der Waals surface area contributed by atoms with Gasteiger partial charge >= 0.3 is 6.18 Å². The summed E-state index contributed by atoms with van der Waals surface area (Å²) in [6.07, 6.45) is -4.47. The Bertz CT molecular complexity index is 173. The van der Waals surface area contributed by atoms with Gasteiger partial charge in [0, 0.05) is 12.3 Å². The van der Waals surface area contributed by atoms with Gasteiger partial charge < -0.3 is 0 Å². The van der Waals surface area contributed by atoms with E-state index in [1.807, 2.05) is 0 Å². The first-order valence-electron chi connectivity index (χ1n) is 3.47. The third-order valence-corrected chi connectivity index (χ3v) is 1.94. The van der Waals surface area contributed by atoms with Gasteiger partial charge in [-0.2, -0.15) is 13.2 Å². The minimum atomic E-state index is -4.10. The first-order chi connectivity index (χ1) is 4.90. The number of Topliss-reactive ketones (excluding diaryl/α,β-unsaturated/α-hetero) is 1. The van der Waals surface area contributed by atoms with Crippen LogP contribution in [0.1, 0.15) is 19.8 Å². The van der Waals surface area contributed by atoms with Crippen molar-refractivity contribution >= 4 is 5.78 Å². The van der Waals surface area contributed by atoms with Crippen molar-refractivity contribution in [2.24, 2.45) is 11.8 Å². The highest BCUT2D eigenvalue weighted by Gasteiger charge is 2.47. The SMILES string of the molecule is CC(=O)[C@H]1C[C@@H]1CC(F)(F)F. The van der Waals surface area contributed by atoms with E-state index in [2.05, 4.69) is 0 Å². The number of carbonyl (C=O) groups is 1. The Hall–Kier alpha value is -0.540. The standard InChI is InChI=1S/C7H9F3O/c1-4(11)6-2-5(6)3-7(8,9)10/h5-6H,2-3H2,1H3/t5-,6-/m1/s1. The van der Waals surface area contributed by atoms with Crippen LogP contribution >= 0.6 is 0 Å². The van der Waals surface area contributed by atoms with Crippen LogP contribution in [0.4, 0.5) is 13.2 Å². The highest BCUT2D eigenvalue weighted by atomic mass is 19.4. The summed E-state index contributed by atoms with van der Waals surface area (Å²) in [5.74, 6) is -0.844. The topological polar surface area (TPSA) is 17.1 Å². The van der Waals surface area contributed by atoms with Gasteiger partial charge in [-0.1, -0.05) is 0 Å². The molecule has 11 heavy (non-hydrogen) atoms. The molecule has 1 nitrogen and oxygen atoms in total. The largest absolute Gasteiger partial charge is 0.389 e. The van der Waals surface area contributed by atoms with E-state index in [1.54, 1.807) is 0 Å². The van der Waals surface area contributed by atoms with Crippen LogP contribution in [0, 0.1) is 11.8 Å². The van der Waals surface area contributed by atoms with Gasteiger partial charge in [0.25, 0.3) is 0 Å². The Labute approximate surface area is 62.6 Å². The van der Waals surface area contributed by atoms with Crippen molar-refractivity contribution in [3.63, 3.8) is 0 Å². The Kier molecular flexibility index (Phi) is 1.94. The molecule has 1 saturated carbocycles. The second-order valence-corrected chi connectivity index (χ2v) is 3.03. The molecule has 64 valence electrons. The monoisotopic (exact) mass is 166 g/mol. The molecule has 0 bridgehead atoms. The summed E-state index contributed by atoms with van der Waals surface area (Å²) in [4.78, 5) is 10.5. The normalized spacial score (nSPS) is 30.2. The lowest BCUT2D eigenvalue weighted by Gasteiger charge is -2.03. The average molecular weight is 166 g/mol. The number of ketones is 1. The smallest absolute Gasteiger partial charge is 0.300 e. The summed E-state index contributed by atoms with van der Waals surface area (Å²) in [5.41, 5.74) is 0. The lowest BCUT2D eigenvalue weighted by molar-refractivity contribution is -0.139. The van der Waals surface area contributed by atoms with Crippen LogP contribution in [-0.2, 0) is 4.79 Å². The molecular weight excluding hydrogens is 157 g/mol. The van der Waals surface area contributed by atoms with E-state index in [1.165, 1.54) is 6.92 Å². The molecule has 0 aromatic rings. The van der Waals surface area contributed by atoms with E-state index in [0.29, 0.717) is 6.42 Å². The quantitative estimate of drug-likeness (QED) is 0.614. The maximum absolute atomic E-state index is 11.7. The summed E-state index contributed by atoms with van der Waals surface area (Å²) in [6.45, 7) is 1.35. The number of rotatable bonds is 2. The molecule has 0 saturated heterocycles. The number of halogens is 3. The van der Waals surface area contributed by atoms with Crippen LogP contribution in [0.3, 0.4) is 0 Å². The van der Waals surface area contributed by atoms with Crippen molar-refractivity contribution in [1.29, 1.82) is 0 Å². The third-order valence-electron chi connectivity index (χ3n) is 1.94. The van der Waals surface area contributed by atoms with Crippen molar-refractivity contribution < 1.29 is 18.0 Å². The summed E-state index contributed by atoms with van der Waals surface area (Å²) in [7, 11) is 0. The molecule has 0 radical (unpaired) electrons. The summed E-state index contributed by atoms with van der Waals surface area (Å²) in [6, 6.07) is 0. The van der Waals surface area contributed by atoms with E-state index in [0.717, 1.165) is 0 Å². The minimum absolute atomic E-state index is 0.112. The van der Waals surface area contributed by atoms with E-state index in [-0.39, 0.29) is 11.7 Å². The Morgan fingerprint density at radius 3 is 2.36 bits per heavy atom. The van der Waals surface area contributed by atoms with Crippen LogP contribution in [0.2, 0.25) is 0 Å². The fourth-order valence-electron chi connectivity index (χ4n) is 1.27. The maximum Gasteiger partial charge on any atom is 0.389 e. The van der Waals surface area contributed by atoms with Crippen LogP contribution in [0.5, 0.6) is 0 Å². The van der Waals surface area contributed by atoms with E-state index in [4.69, 9.17) is 0 Å². The molecule has 0 aromatic carbocycles. The Morgan fingerprint density at radius 1 is 1.55 bits per heavy atom. The molecule has 0 unspecified atom stereocenters. The molecule has 1 rings (SSSR count). The summed E-state index contributed by atoms with van der Waals surface area (Å²) >= 11 is 0. The zero-order valence-electron chi connectivity index (χ0n) is 6.11. The molecule has 4 heteroatoms. The van der Waals surface area contributed by atoms with E-state index >= 15 is 0 Å². The first kappa shape index (κ1) is 8.56. The fraction of sp³-hybridized carbons (Fsp3) is 0.857. The second kappa shape index (κ2) is 2.50. The average Bonchev–Trinajstić information content (AvgIpc) is 2.40. The van der Waals surface area contributed by atoms with Gasteiger partial charge in [0.2, 0.25) is 0 Å². The predicted molar refractivity (Wildman–Crippen MR) is 32.9 cm³/mol. The molecule has 1 aliphatic rings. The van der Waals surface area contributed by atoms with Crippen LogP contribution in [-0.4, -0.2) is 12.0 Å². The van der Waals surface area contributed by atoms with Gasteiger partial charge in [-0.05, 0) is 19.3 Å². The van der Waals surface area contributed by atoms with Gasteiger partial charge in [-0.3, -0.25) is 4.79 Å². The number of alkyl halides is 3. The molecule has 0 aliphatic heterocycles. The van der Waals surface area contributed by atoms with Crippen molar-refractivity contribution in [1.82, 2.24) is 0 Å². The Morgan fingerprint density at radius 2 is 2.09 bits per heavy atom. The fourth-order valence-corrected chi connectivity index (χ4v) is 1.27. The van der Waals surface area contributed by atoms with Crippen molar-refractivity contribution in [2.75, 3.05) is 0 Å². The molecule has 0 aromatic heterocycles. The molecule has 0 spiro atoms. The number of hydrogen-bond donors (Lipinski definition) is 0. The lowest BCUT2D eigenvalue weighted by atomic mass is 10.2. The molecule has 1 aliphatic carbocycles. The molecule has 1 fully saturated rings. The van der Waals surface area contributed by atoms with Gasteiger partial charge in [0.15, 0.2) is 0 Å². The molecular formula is C7H9F3O. The number of carbonyl (C=O) groups excluding carboxylic acids is 1. The van der Waals surface area contributed by atoms with Gasteiger partial charge in [-0.25, -0.2) is 0 Å². The highest BCUT2D eigenvalue weighted by Crippen LogP contribution is 2.46. The maximum atomic E-state index is 11.7. The second-order valence-electron chi connectivity index (χ2n) is 3.03. The lowest BCUT2D eigenvalue weighted by Crippen LogP contribution is -2.09. The zero-order chi connectivity index (χ0) is 8.65.